The molecule has 0 bridgehead atoms. The number of fused-ring (bicyclic) bond motifs is 1. The quantitative estimate of drug-likeness (QED) is 0.715. The molecule has 1 saturated heterocycles. The molecule has 32 heavy (non-hydrogen) atoms. The Morgan fingerprint density at radius 3 is 2.47 bits per heavy atom. The van der Waals surface area contributed by atoms with Gasteiger partial charge in [-0.15, -0.1) is 0 Å². The molecule has 2 aromatic carbocycles. The lowest BCUT2D eigenvalue weighted by Gasteiger charge is -2.36. The minimum atomic E-state index is 0.0265. The Morgan fingerprint density at radius 2 is 1.75 bits per heavy atom. The van der Waals surface area contributed by atoms with Gasteiger partial charge in [0.2, 0.25) is 0 Å². The van der Waals surface area contributed by atoms with Crippen molar-refractivity contribution in [3.05, 3.63) is 64.7 Å². The minimum Gasteiger partial charge on any atom is -0.491 e. The third kappa shape index (κ3) is 4.38. The number of hydrogen-bond donors (Lipinski definition) is 0. The van der Waals surface area contributed by atoms with E-state index in [2.05, 4.69) is 29.2 Å². The molecule has 0 N–H and O–H groups in total. The molecule has 0 aromatic heterocycles. The van der Waals surface area contributed by atoms with Gasteiger partial charge < -0.3 is 9.64 Å². The molecule has 5 nitrogen and oxygen atoms in total. The highest BCUT2D eigenvalue weighted by Crippen LogP contribution is 2.29. The molecule has 1 amide bonds. The number of nitrogens with zero attached hydrogens (tertiary/aromatic N) is 3. The molecule has 2 aliphatic heterocycles. The van der Waals surface area contributed by atoms with Crippen LogP contribution in [0.3, 0.4) is 0 Å². The highest BCUT2D eigenvalue weighted by molar-refractivity contribution is 5.94. The van der Waals surface area contributed by atoms with E-state index in [0.29, 0.717) is 17.7 Å². The Labute approximate surface area is 190 Å². The maximum absolute atomic E-state index is 13.0. The fourth-order valence-electron chi connectivity index (χ4n) is 5.25. The van der Waals surface area contributed by atoms with Gasteiger partial charge in [0.15, 0.2) is 0 Å². The third-order valence-corrected chi connectivity index (χ3v) is 7.45. The molecule has 1 aliphatic carbocycles. The number of benzene rings is 2. The first-order valence-corrected chi connectivity index (χ1v) is 12.0. The first kappa shape index (κ1) is 21.0. The molecule has 166 valence electrons. The van der Waals surface area contributed by atoms with Gasteiger partial charge in [0.1, 0.15) is 12.4 Å². The second-order valence-corrected chi connectivity index (χ2v) is 9.35. The lowest BCUT2D eigenvalue weighted by molar-refractivity contribution is 0.0691. The van der Waals surface area contributed by atoms with Gasteiger partial charge in [-0.2, -0.15) is 5.26 Å². The van der Waals surface area contributed by atoms with E-state index in [4.69, 9.17) is 10.00 Å². The van der Waals surface area contributed by atoms with Gasteiger partial charge >= 0.3 is 0 Å². The Morgan fingerprint density at radius 1 is 0.969 bits per heavy atom. The first-order valence-electron chi connectivity index (χ1n) is 12.0. The van der Waals surface area contributed by atoms with Crippen molar-refractivity contribution in [3.63, 3.8) is 0 Å². The van der Waals surface area contributed by atoms with Crippen molar-refractivity contribution in [2.75, 3.05) is 26.2 Å². The molecule has 0 unspecified atom stereocenters. The van der Waals surface area contributed by atoms with E-state index in [0.717, 1.165) is 50.6 Å². The molecule has 5 heteroatoms. The van der Waals surface area contributed by atoms with Gasteiger partial charge in [-0.25, -0.2) is 0 Å². The van der Waals surface area contributed by atoms with Gasteiger partial charge in [0, 0.05) is 31.2 Å². The maximum Gasteiger partial charge on any atom is 0.254 e. The van der Waals surface area contributed by atoms with Crippen molar-refractivity contribution in [1.29, 1.82) is 5.26 Å². The summed E-state index contributed by atoms with van der Waals surface area (Å²) >= 11 is 0. The Kier molecular flexibility index (Phi) is 6.14. The van der Waals surface area contributed by atoms with Crippen LogP contribution in [0, 0.1) is 11.3 Å². The highest BCUT2D eigenvalue weighted by atomic mass is 16.5. The summed E-state index contributed by atoms with van der Waals surface area (Å²) in [6.07, 6.45) is 8.30. The zero-order chi connectivity index (χ0) is 21.9. The first-order chi connectivity index (χ1) is 15.7. The number of carbonyl (C=O) groups excluding carboxylic acids is 1. The van der Waals surface area contributed by atoms with E-state index in [1.807, 2.05) is 4.90 Å². The molecule has 0 radical (unpaired) electrons. The van der Waals surface area contributed by atoms with Gasteiger partial charge in [0.05, 0.1) is 17.7 Å². The van der Waals surface area contributed by atoms with E-state index >= 15 is 0 Å². The number of hydrogen-bond acceptors (Lipinski definition) is 4. The van der Waals surface area contributed by atoms with Crippen molar-refractivity contribution in [2.45, 2.75) is 57.0 Å². The van der Waals surface area contributed by atoms with Crippen molar-refractivity contribution < 1.29 is 9.53 Å². The van der Waals surface area contributed by atoms with Gasteiger partial charge in [-0.05, 0) is 86.1 Å². The number of nitriles is 1. The van der Waals surface area contributed by atoms with Gasteiger partial charge in [-0.3, -0.25) is 9.69 Å². The summed E-state index contributed by atoms with van der Waals surface area (Å²) in [6, 6.07) is 16.5. The average molecular weight is 430 g/mol. The van der Waals surface area contributed by atoms with Gasteiger partial charge in [-0.1, -0.05) is 12.5 Å². The van der Waals surface area contributed by atoms with Crippen LogP contribution in [0.2, 0.25) is 0 Å². The molecule has 0 spiro atoms. The molecular formula is C27H31N3O2. The largest absolute Gasteiger partial charge is 0.491 e. The van der Waals surface area contributed by atoms with E-state index < -0.39 is 0 Å². The van der Waals surface area contributed by atoms with Crippen LogP contribution in [0.5, 0.6) is 5.75 Å². The molecule has 2 heterocycles. The topological polar surface area (TPSA) is 56.6 Å². The van der Waals surface area contributed by atoms with E-state index in [1.165, 1.54) is 36.9 Å². The van der Waals surface area contributed by atoms with Crippen LogP contribution >= 0.6 is 0 Å². The molecule has 2 fully saturated rings. The minimum absolute atomic E-state index is 0.0265. The standard InChI is InChI=1S/C27H31N3O2/c28-18-20-6-8-22(9-7-20)27(31)30-14-2-5-25(30)19-32-26-11-10-21-12-15-29(24-3-1-4-24)16-13-23(21)17-26/h6-11,17,24-25H,1-5,12-16,19H2/t25-/m1/s1. The summed E-state index contributed by atoms with van der Waals surface area (Å²) in [7, 11) is 0. The summed E-state index contributed by atoms with van der Waals surface area (Å²) in [5.41, 5.74) is 4.08. The van der Waals surface area contributed by atoms with Crippen molar-refractivity contribution in [3.8, 4) is 11.8 Å². The highest BCUT2D eigenvalue weighted by Gasteiger charge is 2.30. The van der Waals surface area contributed by atoms with Crippen LogP contribution in [0.15, 0.2) is 42.5 Å². The molecule has 5 rings (SSSR count). The molecule has 1 atom stereocenters. The second-order valence-electron chi connectivity index (χ2n) is 9.35. The lowest BCUT2D eigenvalue weighted by atomic mass is 9.91. The fourth-order valence-corrected chi connectivity index (χ4v) is 5.25. The normalized spacial score (nSPS) is 21.3. The van der Waals surface area contributed by atoms with Crippen LogP contribution in [-0.4, -0.2) is 54.0 Å². The smallest absolute Gasteiger partial charge is 0.254 e. The number of carbonyl (C=O) groups is 1. The van der Waals surface area contributed by atoms with Crippen LogP contribution < -0.4 is 4.74 Å². The van der Waals surface area contributed by atoms with Crippen molar-refractivity contribution >= 4 is 5.91 Å². The third-order valence-electron chi connectivity index (χ3n) is 7.45. The summed E-state index contributed by atoms with van der Waals surface area (Å²) in [4.78, 5) is 17.6. The zero-order valence-electron chi connectivity index (χ0n) is 18.6. The van der Waals surface area contributed by atoms with Crippen molar-refractivity contribution in [2.24, 2.45) is 0 Å². The monoisotopic (exact) mass is 429 g/mol. The van der Waals surface area contributed by atoms with E-state index in [1.54, 1.807) is 24.3 Å². The van der Waals surface area contributed by atoms with Crippen LogP contribution in [0.4, 0.5) is 0 Å². The predicted molar refractivity (Wildman–Crippen MR) is 124 cm³/mol. The second kappa shape index (κ2) is 9.34. The SMILES string of the molecule is N#Cc1ccc(C(=O)N2CCC[C@@H]2COc2ccc3c(c2)CCN(C2CCC2)CC3)cc1. The van der Waals surface area contributed by atoms with Crippen LogP contribution in [0.1, 0.15) is 59.2 Å². The summed E-state index contributed by atoms with van der Waals surface area (Å²) in [5.74, 6) is 0.942. The predicted octanol–water partition coefficient (Wildman–Crippen LogP) is 4.19. The summed E-state index contributed by atoms with van der Waals surface area (Å²) in [5, 5.41) is 8.98. The molecule has 3 aliphatic rings. The van der Waals surface area contributed by atoms with Crippen LogP contribution in [0.25, 0.3) is 0 Å². The summed E-state index contributed by atoms with van der Waals surface area (Å²) in [6.45, 7) is 3.60. The molecule has 2 aromatic rings. The number of rotatable bonds is 5. The fraction of sp³-hybridized carbons (Fsp3) is 0.481. The average Bonchev–Trinajstić information content (AvgIpc) is 3.17. The molecular weight excluding hydrogens is 398 g/mol. The van der Waals surface area contributed by atoms with E-state index in [9.17, 15) is 4.79 Å². The number of amides is 1. The van der Waals surface area contributed by atoms with Gasteiger partial charge in [0.25, 0.3) is 5.91 Å². The van der Waals surface area contributed by atoms with Crippen molar-refractivity contribution in [1.82, 2.24) is 9.80 Å². The number of likely N-dealkylation sites (tertiary alicyclic amines) is 1. The summed E-state index contributed by atoms with van der Waals surface area (Å²) < 4.78 is 6.21. The molecule has 1 saturated carbocycles. The maximum atomic E-state index is 13.0. The number of ether oxygens (including phenoxy) is 1. The lowest BCUT2D eigenvalue weighted by Crippen LogP contribution is -2.41. The van der Waals surface area contributed by atoms with E-state index in [-0.39, 0.29) is 11.9 Å². The zero-order valence-corrected chi connectivity index (χ0v) is 18.6. The van der Waals surface area contributed by atoms with Crippen LogP contribution in [-0.2, 0) is 12.8 Å². The Bertz CT molecular complexity index is 1010. The Hall–Kier alpha value is -2.84. The Balaban J connectivity index is 1.20.